The molecule has 28 heavy (non-hydrogen) atoms. The van der Waals surface area contributed by atoms with Gasteiger partial charge in [-0.15, -0.1) is 0 Å². The van der Waals surface area contributed by atoms with Crippen LogP contribution in [0.5, 0.6) is 0 Å². The van der Waals surface area contributed by atoms with Gasteiger partial charge in [0.1, 0.15) is 5.82 Å². The number of hydrogen-bond donors (Lipinski definition) is 2. The molecule has 2 N–H and O–H groups in total. The summed E-state index contributed by atoms with van der Waals surface area (Å²) in [6.07, 6.45) is -0.0659. The van der Waals surface area contributed by atoms with Crippen LogP contribution in [-0.4, -0.2) is 15.9 Å². The highest BCUT2D eigenvalue weighted by Crippen LogP contribution is 2.20. The number of carbonyl (C=O) groups excluding carboxylic acids is 1. The third-order valence-corrected chi connectivity index (χ3v) is 5.37. The number of amides is 1. The van der Waals surface area contributed by atoms with Crippen LogP contribution in [0.3, 0.4) is 0 Å². The molecule has 0 aliphatic carbocycles. The zero-order chi connectivity index (χ0) is 20.1. The molecule has 1 aromatic heterocycles. The normalized spacial score (nSPS) is 10.7. The highest BCUT2D eigenvalue weighted by molar-refractivity contribution is 9.10. The molecule has 1 amide bonds. The van der Waals surface area contributed by atoms with Gasteiger partial charge in [-0.25, -0.2) is 9.37 Å². The minimum atomic E-state index is -0.335. The number of thioether (sulfide) groups is 1. The van der Waals surface area contributed by atoms with Gasteiger partial charge in [0.25, 0.3) is 5.56 Å². The first-order valence-electron chi connectivity index (χ1n) is 8.43. The fraction of sp³-hybridized carbons (Fsp3) is 0.150. The number of anilines is 1. The number of benzene rings is 2. The molecule has 0 atom stereocenters. The van der Waals surface area contributed by atoms with E-state index in [1.807, 2.05) is 12.1 Å². The van der Waals surface area contributed by atoms with E-state index in [-0.39, 0.29) is 23.7 Å². The van der Waals surface area contributed by atoms with Crippen molar-refractivity contribution < 1.29 is 9.18 Å². The van der Waals surface area contributed by atoms with Gasteiger partial charge in [-0.05, 0) is 42.8 Å². The molecule has 0 fully saturated rings. The molecule has 0 aliphatic rings. The maximum Gasteiger partial charge on any atom is 0.255 e. The first kappa shape index (κ1) is 20.3. The van der Waals surface area contributed by atoms with Crippen LogP contribution in [0.4, 0.5) is 10.1 Å². The molecule has 3 rings (SSSR count). The topological polar surface area (TPSA) is 74.8 Å². The Hall–Kier alpha value is -2.45. The average Bonchev–Trinajstić information content (AvgIpc) is 2.64. The Morgan fingerprint density at radius 1 is 1.25 bits per heavy atom. The van der Waals surface area contributed by atoms with Crippen molar-refractivity contribution in [1.82, 2.24) is 9.97 Å². The van der Waals surface area contributed by atoms with Crippen molar-refractivity contribution in [3.63, 3.8) is 0 Å². The van der Waals surface area contributed by atoms with E-state index in [4.69, 9.17) is 0 Å². The summed E-state index contributed by atoms with van der Waals surface area (Å²) in [5.74, 6) is -0.0346. The highest BCUT2D eigenvalue weighted by atomic mass is 79.9. The number of hydrogen-bond acceptors (Lipinski definition) is 4. The molecule has 1 heterocycles. The maximum atomic E-state index is 13.0. The summed E-state index contributed by atoms with van der Waals surface area (Å²) in [5, 5.41) is 3.23. The van der Waals surface area contributed by atoms with E-state index in [1.54, 1.807) is 31.2 Å². The predicted molar refractivity (Wildman–Crippen MR) is 112 cm³/mol. The van der Waals surface area contributed by atoms with Gasteiger partial charge >= 0.3 is 0 Å². The van der Waals surface area contributed by atoms with Crippen LogP contribution in [0.15, 0.2) is 63.0 Å². The first-order valence-corrected chi connectivity index (χ1v) is 10.2. The largest absolute Gasteiger partial charge is 0.326 e. The van der Waals surface area contributed by atoms with Crippen molar-refractivity contribution in [2.24, 2.45) is 0 Å². The Morgan fingerprint density at radius 2 is 2.00 bits per heavy atom. The Balaban J connectivity index is 1.66. The van der Waals surface area contributed by atoms with E-state index in [2.05, 4.69) is 31.2 Å². The van der Waals surface area contributed by atoms with Crippen LogP contribution < -0.4 is 10.9 Å². The summed E-state index contributed by atoms with van der Waals surface area (Å²) >= 11 is 4.69. The fourth-order valence-corrected chi connectivity index (χ4v) is 3.79. The molecule has 2 aromatic carbocycles. The zero-order valence-corrected chi connectivity index (χ0v) is 17.4. The molecule has 0 spiro atoms. The van der Waals surface area contributed by atoms with E-state index in [0.717, 1.165) is 10.0 Å². The van der Waals surface area contributed by atoms with Crippen LogP contribution >= 0.6 is 27.7 Å². The van der Waals surface area contributed by atoms with Gasteiger partial charge in [-0.1, -0.05) is 45.9 Å². The average molecular weight is 462 g/mol. The van der Waals surface area contributed by atoms with Crippen molar-refractivity contribution >= 4 is 39.3 Å². The molecule has 0 unspecified atom stereocenters. The molecule has 0 radical (unpaired) electrons. The van der Waals surface area contributed by atoms with Crippen LogP contribution in [0.25, 0.3) is 0 Å². The monoisotopic (exact) mass is 461 g/mol. The Bertz CT molecular complexity index is 1050. The molecule has 0 saturated heterocycles. The van der Waals surface area contributed by atoms with Crippen molar-refractivity contribution in [3.8, 4) is 0 Å². The zero-order valence-electron chi connectivity index (χ0n) is 15.0. The number of carbonyl (C=O) groups is 1. The van der Waals surface area contributed by atoms with Crippen LogP contribution in [0, 0.1) is 12.7 Å². The van der Waals surface area contributed by atoms with E-state index in [9.17, 15) is 14.0 Å². The van der Waals surface area contributed by atoms with Gasteiger partial charge in [-0.3, -0.25) is 9.59 Å². The van der Waals surface area contributed by atoms with E-state index >= 15 is 0 Å². The number of nitrogens with one attached hydrogen (secondary N) is 2. The summed E-state index contributed by atoms with van der Waals surface area (Å²) in [4.78, 5) is 31.8. The van der Waals surface area contributed by atoms with E-state index < -0.39 is 0 Å². The second kappa shape index (κ2) is 9.16. The molecule has 0 aliphatic heterocycles. The summed E-state index contributed by atoms with van der Waals surface area (Å²) in [6.45, 7) is 1.71. The Kier molecular flexibility index (Phi) is 6.64. The van der Waals surface area contributed by atoms with Crippen molar-refractivity contribution in [2.75, 3.05) is 5.32 Å². The maximum absolute atomic E-state index is 13.0. The minimum absolute atomic E-state index is 0.0659. The van der Waals surface area contributed by atoms with Gasteiger partial charge in [0.15, 0.2) is 5.16 Å². The Morgan fingerprint density at radius 3 is 2.68 bits per heavy atom. The smallest absolute Gasteiger partial charge is 0.255 e. The van der Waals surface area contributed by atoms with Gasteiger partial charge < -0.3 is 10.3 Å². The molecule has 8 heteroatoms. The summed E-state index contributed by atoms with van der Waals surface area (Å²) in [6, 6.07) is 13.4. The van der Waals surface area contributed by atoms with Crippen LogP contribution in [0.1, 0.15) is 16.8 Å². The lowest BCUT2D eigenvalue weighted by Gasteiger charge is -2.08. The number of aromatic amines is 1. The van der Waals surface area contributed by atoms with Crippen LogP contribution in [-0.2, 0) is 17.0 Å². The number of rotatable bonds is 6. The van der Waals surface area contributed by atoms with Crippen molar-refractivity contribution in [3.05, 3.63) is 86.0 Å². The number of H-pyrrole nitrogens is 1. The van der Waals surface area contributed by atoms with Crippen molar-refractivity contribution in [1.29, 1.82) is 0 Å². The molecule has 3 aromatic rings. The van der Waals surface area contributed by atoms with Gasteiger partial charge in [0.05, 0.1) is 6.42 Å². The quantitative estimate of drug-likeness (QED) is 0.419. The van der Waals surface area contributed by atoms with Crippen molar-refractivity contribution in [2.45, 2.75) is 24.3 Å². The SMILES string of the molecule is Cc1nc(SCc2ccc(F)cc2)[nH]c(=O)c1CC(=O)Nc1cccc(Br)c1. The number of aryl methyl sites for hydroxylation is 1. The second-order valence-corrected chi connectivity index (χ2v) is 7.97. The fourth-order valence-electron chi connectivity index (χ4n) is 2.53. The van der Waals surface area contributed by atoms with Gasteiger partial charge in [0.2, 0.25) is 5.91 Å². The lowest BCUT2D eigenvalue weighted by Crippen LogP contribution is -2.23. The van der Waals surface area contributed by atoms with E-state index in [0.29, 0.717) is 27.9 Å². The van der Waals surface area contributed by atoms with Gasteiger partial charge in [0, 0.05) is 27.2 Å². The van der Waals surface area contributed by atoms with Crippen LogP contribution in [0.2, 0.25) is 0 Å². The third-order valence-electron chi connectivity index (χ3n) is 3.94. The third kappa shape index (κ3) is 5.53. The molecular weight excluding hydrogens is 445 g/mol. The summed E-state index contributed by atoms with van der Waals surface area (Å²) in [5.41, 5.74) is 2.07. The lowest BCUT2D eigenvalue weighted by atomic mass is 10.1. The molecule has 0 bridgehead atoms. The highest BCUT2D eigenvalue weighted by Gasteiger charge is 2.13. The summed E-state index contributed by atoms with van der Waals surface area (Å²) < 4.78 is 13.8. The van der Waals surface area contributed by atoms with Gasteiger partial charge in [-0.2, -0.15) is 0 Å². The predicted octanol–water partition coefficient (Wildman–Crippen LogP) is 4.45. The number of nitrogens with zero attached hydrogens (tertiary/aromatic N) is 1. The Labute approximate surface area is 173 Å². The molecule has 144 valence electrons. The minimum Gasteiger partial charge on any atom is -0.326 e. The number of halogens is 2. The lowest BCUT2D eigenvalue weighted by molar-refractivity contribution is -0.115. The number of aromatic nitrogens is 2. The summed E-state index contributed by atoms with van der Waals surface area (Å²) in [7, 11) is 0. The second-order valence-electron chi connectivity index (χ2n) is 6.09. The van der Waals surface area contributed by atoms with E-state index in [1.165, 1.54) is 23.9 Å². The molecule has 5 nitrogen and oxygen atoms in total. The first-order chi connectivity index (χ1) is 13.4. The molecular formula is C20H17BrFN3O2S. The molecule has 0 saturated carbocycles. The standard InChI is InChI=1S/C20H17BrFN3O2S/c1-12-17(10-18(26)24-16-4-2-3-14(21)9-16)19(27)25-20(23-12)28-11-13-5-7-15(22)8-6-13/h2-9H,10-11H2,1H3,(H,24,26)(H,23,25,27).